The molecule has 0 saturated heterocycles. The number of hydrogen-bond donors (Lipinski definition) is 0. The van der Waals surface area contributed by atoms with E-state index in [-0.39, 0.29) is 4.60 Å². The van der Waals surface area contributed by atoms with Crippen molar-refractivity contribution in [1.82, 2.24) is 4.98 Å². The summed E-state index contributed by atoms with van der Waals surface area (Å²) in [6, 6.07) is -1.33. The normalized spacial score (nSPS) is 21.4. The van der Waals surface area contributed by atoms with Gasteiger partial charge in [0.25, 0.3) is 0 Å². The fourth-order valence-electron chi connectivity index (χ4n) is 0.495. The molecule has 1 heterocycles. The number of aromatic nitrogens is 1. The maximum atomic E-state index is 11.8. The fourth-order valence-corrected chi connectivity index (χ4v) is 0.782. The zero-order chi connectivity index (χ0) is 15.9. The Kier molecular flexibility index (Phi) is 1.09. The summed E-state index contributed by atoms with van der Waals surface area (Å²) >= 11 is 2.80. The average molecular weight is 238 g/mol. The van der Waals surface area contributed by atoms with Crippen LogP contribution in [0.3, 0.4) is 0 Å². The molecule has 0 aliphatic heterocycles. The van der Waals surface area contributed by atoms with E-state index in [1.807, 2.05) is 0 Å². The highest BCUT2D eigenvalue weighted by molar-refractivity contribution is 9.10. The minimum atomic E-state index is -3.28. The predicted molar refractivity (Wildman–Crippen MR) is 47.9 cm³/mol. The van der Waals surface area contributed by atoms with Crippen molar-refractivity contribution in [2.24, 2.45) is 0 Å². The van der Waals surface area contributed by atoms with Crippen LogP contribution in [-0.4, -0.2) is 17.5 Å². The van der Waals surface area contributed by atoms with Crippen molar-refractivity contribution in [3.05, 3.63) is 28.4 Å². The molecule has 3 nitrogen and oxygen atoms in total. The number of nitrogens with zero attached hydrogens (tertiary/aromatic N) is 1. The van der Waals surface area contributed by atoms with Crippen LogP contribution in [0.5, 0.6) is 0 Å². The highest BCUT2D eigenvalue weighted by Gasteiger charge is 2.05. The maximum Gasteiger partial charge on any atom is 0.338 e. The van der Waals surface area contributed by atoms with Crippen LogP contribution in [0, 0.1) is 0 Å². The van der Waals surface area contributed by atoms with Gasteiger partial charge in [-0.3, -0.25) is 0 Å². The molecular weight excluding hydrogens is 222 g/mol. The van der Waals surface area contributed by atoms with Crippen molar-refractivity contribution in [3.8, 4) is 0 Å². The SMILES string of the molecule is [2H]c1nc(Br)c([2H])c(C(=O)OC([2H])([2H])C([2H])([2H])[2H])c1[2H]. The van der Waals surface area contributed by atoms with E-state index in [9.17, 15) is 4.79 Å². The van der Waals surface area contributed by atoms with Gasteiger partial charge in [-0.05, 0) is 34.9 Å². The van der Waals surface area contributed by atoms with Crippen LogP contribution in [0.2, 0.25) is 0 Å². The molecule has 12 heavy (non-hydrogen) atoms. The number of rotatable bonds is 2. The third-order valence-electron chi connectivity index (χ3n) is 0.911. The van der Waals surface area contributed by atoms with Gasteiger partial charge in [0.1, 0.15) is 4.60 Å². The largest absolute Gasteiger partial charge is 0.462 e. The number of ether oxygens (including phenoxy) is 1. The van der Waals surface area contributed by atoms with Crippen molar-refractivity contribution < 1.29 is 20.5 Å². The highest BCUT2D eigenvalue weighted by Crippen LogP contribution is 2.08. The van der Waals surface area contributed by atoms with Crippen LogP contribution in [0.25, 0.3) is 0 Å². The second-order valence-electron chi connectivity index (χ2n) is 1.63. The standard InChI is InChI=1S/C8H8BrNO2/c1-2-12-8(11)6-3-4-10-7(9)5-6/h3-5H,2H2,1H3/i1D3,2D2,3D,4D,5D. The monoisotopic (exact) mass is 237 g/mol. The van der Waals surface area contributed by atoms with Gasteiger partial charge in [-0.2, -0.15) is 0 Å². The van der Waals surface area contributed by atoms with Gasteiger partial charge < -0.3 is 4.74 Å². The number of hydrogen-bond acceptors (Lipinski definition) is 3. The molecule has 0 N–H and O–H groups in total. The summed E-state index contributed by atoms with van der Waals surface area (Å²) in [7, 11) is 0. The smallest absolute Gasteiger partial charge is 0.338 e. The minimum absolute atomic E-state index is 0.208. The number of esters is 1. The molecule has 0 radical (unpaired) electrons. The van der Waals surface area contributed by atoms with E-state index < -0.39 is 43.2 Å². The average Bonchev–Trinajstić information content (AvgIpc) is 2.24. The molecule has 0 atom stereocenters. The third-order valence-corrected chi connectivity index (χ3v) is 1.29. The first-order chi connectivity index (χ1) is 8.88. The Morgan fingerprint density at radius 3 is 3.67 bits per heavy atom. The highest BCUT2D eigenvalue weighted by atomic mass is 79.9. The number of halogens is 1. The second-order valence-corrected chi connectivity index (χ2v) is 2.38. The summed E-state index contributed by atoms with van der Waals surface area (Å²) in [5.41, 5.74) is -0.731. The van der Waals surface area contributed by atoms with Crippen LogP contribution in [-0.2, 0) is 4.74 Å². The van der Waals surface area contributed by atoms with Crippen molar-refractivity contribution in [3.63, 3.8) is 0 Å². The Hall–Kier alpha value is -0.900. The molecule has 1 aromatic rings. The van der Waals surface area contributed by atoms with Gasteiger partial charge in [0.15, 0.2) is 0 Å². The third kappa shape index (κ3) is 2.30. The van der Waals surface area contributed by atoms with Crippen molar-refractivity contribution in [2.75, 3.05) is 6.56 Å². The van der Waals surface area contributed by atoms with Crippen LogP contribution in [0.4, 0.5) is 0 Å². The molecule has 1 rings (SSSR count). The van der Waals surface area contributed by atoms with E-state index >= 15 is 0 Å². The molecule has 64 valence electrons. The van der Waals surface area contributed by atoms with Gasteiger partial charge >= 0.3 is 5.97 Å². The molecule has 0 aromatic carbocycles. The van der Waals surface area contributed by atoms with Gasteiger partial charge in [-0.1, -0.05) is 0 Å². The molecule has 0 fully saturated rings. The zero-order valence-corrected chi connectivity index (χ0v) is 7.23. The molecule has 0 saturated carbocycles. The molecule has 0 spiro atoms. The lowest BCUT2D eigenvalue weighted by Gasteiger charge is -2.00. The lowest BCUT2D eigenvalue weighted by Crippen LogP contribution is -2.04. The van der Waals surface area contributed by atoms with E-state index in [1.54, 1.807) is 0 Å². The Balaban J connectivity index is 3.24. The zero-order valence-electron chi connectivity index (χ0n) is 13.6. The maximum absolute atomic E-state index is 11.8. The molecule has 0 bridgehead atoms. The summed E-state index contributed by atoms with van der Waals surface area (Å²) in [4.78, 5) is 15.2. The minimum Gasteiger partial charge on any atom is -0.462 e. The van der Waals surface area contributed by atoms with Crippen molar-refractivity contribution in [2.45, 2.75) is 6.85 Å². The van der Waals surface area contributed by atoms with Gasteiger partial charge in [-0.15, -0.1) is 0 Å². The Morgan fingerprint density at radius 1 is 2.08 bits per heavy atom. The van der Waals surface area contributed by atoms with Gasteiger partial charge in [0, 0.05) is 10.3 Å². The molecule has 0 aliphatic rings. The Bertz CT molecular complexity index is 532. The predicted octanol–water partition coefficient (Wildman–Crippen LogP) is 2.02. The number of pyridine rings is 1. The summed E-state index contributed by atoms with van der Waals surface area (Å²) in [6.07, 6.45) is -0.630. The van der Waals surface area contributed by atoms with Gasteiger partial charge in [-0.25, -0.2) is 9.78 Å². The summed E-state index contributed by atoms with van der Waals surface area (Å²) in [5.74, 6) is -1.52. The second kappa shape index (κ2) is 4.21. The van der Waals surface area contributed by atoms with Crippen LogP contribution in [0.1, 0.15) is 28.2 Å². The lowest BCUT2D eigenvalue weighted by molar-refractivity contribution is 0.0526. The lowest BCUT2D eigenvalue weighted by atomic mass is 10.3. The number of carbonyl (C=O) groups is 1. The summed E-state index contributed by atoms with van der Waals surface area (Å²) in [5, 5.41) is 0. The fraction of sp³-hybridized carbons (Fsp3) is 0.250. The first-order valence-electron chi connectivity index (χ1n) is 6.75. The molecule has 0 amide bonds. The van der Waals surface area contributed by atoms with E-state index in [0.29, 0.717) is 0 Å². The first kappa shape index (κ1) is 3.10. The van der Waals surface area contributed by atoms with Crippen molar-refractivity contribution >= 4 is 21.9 Å². The van der Waals surface area contributed by atoms with E-state index in [4.69, 9.17) is 11.0 Å². The van der Waals surface area contributed by atoms with E-state index in [1.165, 1.54) is 0 Å². The molecule has 0 unspecified atom stereocenters. The molecule has 4 heteroatoms. The summed E-state index contributed by atoms with van der Waals surface area (Å²) < 4.78 is 61.4. The molecule has 0 aliphatic carbocycles. The Labute approximate surface area is 90.1 Å². The topological polar surface area (TPSA) is 39.2 Å². The van der Waals surface area contributed by atoms with E-state index in [2.05, 4.69) is 25.7 Å². The van der Waals surface area contributed by atoms with Crippen LogP contribution in [0.15, 0.2) is 22.9 Å². The van der Waals surface area contributed by atoms with Crippen LogP contribution >= 0.6 is 15.9 Å². The van der Waals surface area contributed by atoms with Crippen LogP contribution < -0.4 is 0 Å². The first-order valence-corrected chi connectivity index (χ1v) is 3.54. The Morgan fingerprint density at radius 2 is 2.92 bits per heavy atom. The molecule has 1 aromatic heterocycles. The number of carbonyl (C=O) groups excluding carboxylic acids is 1. The summed E-state index contributed by atoms with van der Waals surface area (Å²) in [6.45, 7) is -6.50. The van der Waals surface area contributed by atoms with Gasteiger partial charge in [0.2, 0.25) is 0 Å². The quantitative estimate of drug-likeness (QED) is 0.584. The van der Waals surface area contributed by atoms with Crippen molar-refractivity contribution in [1.29, 1.82) is 0 Å². The molecular formula is C8H8BrNO2. The van der Waals surface area contributed by atoms with Gasteiger partial charge in [0.05, 0.1) is 19.0 Å². The van der Waals surface area contributed by atoms with E-state index in [0.717, 1.165) is 0 Å².